The molecule has 0 aromatic carbocycles. The van der Waals surface area contributed by atoms with Crippen LogP contribution in [0.3, 0.4) is 0 Å². The molecule has 642 valence electrons. The molecule has 34 heteroatoms. The third-order valence-corrected chi connectivity index (χ3v) is 13.5. The van der Waals surface area contributed by atoms with Crippen molar-refractivity contribution in [1.29, 1.82) is 0 Å². The first-order valence-corrected chi connectivity index (χ1v) is 39.6. The minimum atomic E-state index is 0.208. The van der Waals surface area contributed by atoms with E-state index >= 15 is 0 Å². The van der Waals surface area contributed by atoms with Crippen molar-refractivity contribution in [3.05, 3.63) is 0 Å². The number of nitrogens with two attached hydrogens (primary N) is 21. The lowest BCUT2D eigenvalue weighted by Gasteiger charge is -2.24. The summed E-state index contributed by atoms with van der Waals surface area (Å²) in [5.74, 6) is 0. The fourth-order valence-electron chi connectivity index (χ4n) is 7.49. The second-order valence-electron chi connectivity index (χ2n) is 23.7. The predicted molar refractivity (Wildman–Crippen MR) is 455 cm³/mol. The minimum Gasteiger partial charge on any atom is -0.396 e. The van der Waals surface area contributed by atoms with Gasteiger partial charge in [-0.05, 0) is 248 Å². The Hall–Kier alpha value is -1.36. The zero-order valence-corrected chi connectivity index (χ0v) is 68.1. The number of aliphatic hydroxyl groups is 3. The van der Waals surface area contributed by atoms with Crippen LogP contribution in [0.1, 0.15) is 148 Å². The first-order valence-electron chi connectivity index (χ1n) is 39.6. The van der Waals surface area contributed by atoms with Gasteiger partial charge in [-0.15, -0.1) is 0 Å². The van der Waals surface area contributed by atoms with Crippen LogP contribution in [0.25, 0.3) is 0 Å². The number of unbranched alkanes of at least 4 members (excludes halogenated alkanes) is 10. The van der Waals surface area contributed by atoms with E-state index in [-0.39, 0.29) is 18.7 Å². The van der Waals surface area contributed by atoms with Gasteiger partial charge in [0.05, 0.1) is 6.61 Å². The molecule has 53 N–H and O–H groups in total. The summed E-state index contributed by atoms with van der Waals surface area (Å²) in [7, 11) is 7.88. The van der Waals surface area contributed by atoms with Crippen molar-refractivity contribution in [1.82, 2.24) is 52.3 Å². The smallest absolute Gasteiger partial charge is 0.0555 e. The second kappa shape index (κ2) is 150. The first kappa shape index (κ1) is 128. The van der Waals surface area contributed by atoms with Gasteiger partial charge in [0.15, 0.2) is 0 Å². The Balaban J connectivity index is -0.0000000879. The molecule has 1 saturated carbocycles. The zero-order chi connectivity index (χ0) is 80.5. The molecule has 0 unspecified atom stereocenters. The lowest BCUT2D eigenvalue weighted by atomic mass is 9.92. The Kier molecular flexibility index (Phi) is 186. The molecule has 0 aromatic heterocycles. The van der Waals surface area contributed by atoms with Crippen molar-refractivity contribution < 1.29 is 15.3 Å². The molecular weight excluding hydrogens is 1310 g/mol. The van der Waals surface area contributed by atoms with Gasteiger partial charge in [0.25, 0.3) is 0 Å². The molecule has 103 heavy (non-hydrogen) atoms. The normalized spacial score (nSPS) is 12.2. The fraction of sp³-hybridized carbons (Fsp3) is 1.00. The van der Waals surface area contributed by atoms with Crippen molar-refractivity contribution in [2.45, 2.75) is 160 Å². The van der Waals surface area contributed by atoms with Crippen LogP contribution in [0.5, 0.6) is 0 Å². The van der Waals surface area contributed by atoms with E-state index in [2.05, 4.69) is 52.3 Å². The Morgan fingerprint density at radius 1 is 0.243 bits per heavy atom. The molecule has 0 amide bonds. The van der Waals surface area contributed by atoms with Crippen LogP contribution in [0.2, 0.25) is 0 Å². The Morgan fingerprint density at radius 2 is 0.495 bits per heavy atom. The maximum atomic E-state index is 8.41. The highest BCUT2D eigenvalue weighted by molar-refractivity contribution is 4.80. The summed E-state index contributed by atoms with van der Waals surface area (Å²) in [6.07, 6.45) is 26.1. The lowest BCUT2D eigenvalue weighted by molar-refractivity contribution is 0.279. The molecule has 1 aliphatic rings. The van der Waals surface area contributed by atoms with Crippen molar-refractivity contribution in [2.24, 2.45) is 120 Å². The molecule has 2 atom stereocenters. The lowest BCUT2D eigenvalue weighted by Crippen LogP contribution is -2.43. The molecule has 0 heterocycles. The highest BCUT2D eigenvalue weighted by Gasteiger charge is 2.16. The van der Waals surface area contributed by atoms with E-state index in [1.807, 2.05) is 28.2 Å². The fourth-order valence-corrected chi connectivity index (χ4v) is 7.49. The number of hydrogen-bond donors (Lipinski definition) is 32. The summed E-state index contributed by atoms with van der Waals surface area (Å²) in [5.41, 5.74) is 110. The third-order valence-electron chi connectivity index (χ3n) is 13.5. The Morgan fingerprint density at radius 3 is 0.728 bits per heavy atom. The van der Waals surface area contributed by atoms with Crippen molar-refractivity contribution in [3.8, 4) is 0 Å². The van der Waals surface area contributed by atoms with Gasteiger partial charge >= 0.3 is 0 Å². The van der Waals surface area contributed by atoms with Crippen LogP contribution < -0.4 is 163 Å². The summed E-state index contributed by atoms with van der Waals surface area (Å²) >= 11 is 0. The molecule has 0 bridgehead atoms. The number of nitrogens with zero attached hydrogens (tertiary/aromatic N) is 2. The van der Waals surface area contributed by atoms with E-state index in [1.165, 1.54) is 57.8 Å². The Bertz CT molecular complexity index is 1050. The average Bonchev–Trinajstić information content (AvgIpc) is 1.07. The molecule has 1 aliphatic carbocycles. The second-order valence-corrected chi connectivity index (χ2v) is 23.7. The van der Waals surface area contributed by atoms with Gasteiger partial charge in [-0.2, -0.15) is 0 Å². The van der Waals surface area contributed by atoms with Gasteiger partial charge in [0.1, 0.15) is 0 Å². The molecule has 0 aromatic rings. The highest BCUT2D eigenvalue weighted by atomic mass is 16.3. The maximum absolute atomic E-state index is 8.41. The van der Waals surface area contributed by atoms with Crippen LogP contribution >= 0.6 is 0 Å². The third kappa shape index (κ3) is 191. The van der Waals surface area contributed by atoms with Crippen LogP contribution in [-0.2, 0) is 0 Å². The summed E-state index contributed by atoms with van der Waals surface area (Å²) in [4.78, 5) is 4.28. The van der Waals surface area contributed by atoms with Gasteiger partial charge in [-0.3, -0.25) is 4.90 Å². The number of hydrogen-bond acceptors (Lipinski definition) is 34. The SMILES string of the molecule is CN(CCN)CCN.CNCCCN.CNCCCNC.NCCCCCNCCCCCN.NCCCCCNCCN.NCCCCCO.NCCCN.NCCCNCCN.NCCN.NCCN(CCN)CCN.NCCNCCN.N[C@@H]1CCCC[C@H]1N.OCCCCCNCCO. The van der Waals surface area contributed by atoms with E-state index in [1.54, 1.807) is 0 Å². The molecule has 0 saturated heterocycles. The average molecular weight is 1510 g/mol. The highest BCUT2D eigenvalue weighted by Crippen LogP contribution is 2.14. The van der Waals surface area contributed by atoms with Gasteiger partial charge in [0.2, 0.25) is 0 Å². The molecule has 0 radical (unpaired) electrons. The van der Waals surface area contributed by atoms with Gasteiger partial charge in [-0.1, -0.05) is 32.1 Å². The number of aliphatic hydroxyl groups excluding tert-OH is 3. The summed E-state index contributed by atoms with van der Waals surface area (Å²) < 4.78 is 0. The van der Waals surface area contributed by atoms with Gasteiger partial charge in [0, 0.05) is 163 Å². The summed E-state index contributed by atoms with van der Waals surface area (Å²) in [5, 5.41) is 50.0. The summed E-state index contributed by atoms with van der Waals surface area (Å²) in [6.45, 7) is 31.9. The molecule has 0 aliphatic heterocycles. The molecule has 0 spiro atoms. The maximum Gasteiger partial charge on any atom is 0.0555 e. The number of likely N-dealkylation sites (N-methyl/N-ethyl adjacent to an activating group) is 1. The van der Waals surface area contributed by atoms with E-state index in [0.717, 1.165) is 273 Å². The zero-order valence-electron chi connectivity index (χ0n) is 68.1. The van der Waals surface area contributed by atoms with Crippen LogP contribution in [0.15, 0.2) is 0 Å². The standard InChI is InChI=1S/C10H25N3.C7H19N3.C7H17NO2.C6H18N4.C6H14N2.2C5H15N3.C5H14N2.C5H13NO.C4H13N3.C4H12N2.C3H10N2.C2H8N2/c11-7-3-1-5-9-13-10-6-2-4-8-12;8-4-2-1-3-6-10-7-5-9;9-6-3-1-2-4-8-5-7-10;7-1-4-10(5-2-8)6-3-9;7-5-3-1-2-4-6(5)8;1-8(4-2-6)5-3-7;6-2-1-4-8-5-3-7;1-6-4-3-5-7-2;6-4-2-1-3-5-7;5-1-3-7-4-2-6;1-6-4-2-3-5;4-2-1-3-5;3-1-2-4/h13H,1-12H2;10H,1-9H2;8-10H,1-7H2;1-9H2;5-6H,1-4,7-8H2;2-7H2,1H3;8H,1-7H2;6-7H,3-5H2,1-2H3;2*7H,1-6H2;6H,2-5H2,1H3;1-5H2;1-4H2/t;;;;5-,6-;;;;;;;;/m....1......../s1. The van der Waals surface area contributed by atoms with Crippen molar-refractivity contribution in [3.63, 3.8) is 0 Å². The quantitative estimate of drug-likeness (QED) is 0.0252. The van der Waals surface area contributed by atoms with Crippen LogP contribution in [0, 0.1) is 0 Å². The van der Waals surface area contributed by atoms with Crippen LogP contribution in [0.4, 0.5) is 0 Å². The summed E-state index contributed by atoms with van der Waals surface area (Å²) in [6, 6.07) is 0.562. The predicted octanol–water partition coefficient (Wildman–Crippen LogP) is -7.50. The first-order chi connectivity index (χ1) is 50.1. The monoisotopic (exact) mass is 1500 g/mol. The molecule has 1 rings (SSSR count). The van der Waals surface area contributed by atoms with Gasteiger partial charge in [-0.25, -0.2) is 0 Å². The topological polar surface area (TPSA) is 710 Å². The Labute approximate surface area is 635 Å². The van der Waals surface area contributed by atoms with E-state index < -0.39 is 0 Å². The molecule has 34 nitrogen and oxygen atoms in total. The van der Waals surface area contributed by atoms with E-state index in [0.29, 0.717) is 72.1 Å². The molecular formula is C69H193N31O3. The van der Waals surface area contributed by atoms with Gasteiger partial charge < -0.3 is 183 Å². The number of nitrogens with one attached hydrogen (secondary N) is 8. The van der Waals surface area contributed by atoms with E-state index in [4.69, 9.17) is 136 Å². The van der Waals surface area contributed by atoms with E-state index in [9.17, 15) is 0 Å². The molecule has 1 fully saturated rings. The minimum absolute atomic E-state index is 0.208. The van der Waals surface area contributed by atoms with Crippen molar-refractivity contribution >= 4 is 0 Å². The van der Waals surface area contributed by atoms with Crippen molar-refractivity contribution in [2.75, 3.05) is 290 Å². The largest absolute Gasteiger partial charge is 0.396 e. The van der Waals surface area contributed by atoms with Crippen LogP contribution in [-0.4, -0.2) is 327 Å². The number of rotatable bonds is 57.